The fraction of sp³-hybridized carbons (Fsp3) is 0.407. The SMILES string of the molecule is CCCCCCCCCCCCOc1ccc(C=Nc2ccc(C(=O)Oc3cccc(OC(=O)c4ccc(N=Cc5ccc(OCCCCCCCCCCCC)cc5)cc4)c3C#N)cc2)cc1. The van der Waals surface area contributed by atoms with E-state index in [-0.39, 0.29) is 28.2 Å². The average molecular weight is 918 g/mol. The molecule has 0 amide bonds. The number of hydrogen-bond acceptors (Lipinski definition) is 9. The molecule has 5 aromatic carbocycles. The summed E-state index contributed by atoms with van der Waals surface area (Å²) >= 11 is 0. The molecule has 0 saturated carbocycles. The minimum absolute atomic E-state index is 0.0285. The fourth-order valence-electron chi connectivity index (χ4n) is 7.63. The largest absolute Gasteiger partial charge is 0.494 e. The summed E-state index contributed by atoms with van der Waals surface area (Å²) in [6, 6.07) is 35.5. The molecule has 0 N–H and O–H groups in total. The topological polar surface area (TPSA) is 120 Å². The van der Waals surface area contributed by atoms with Crippen molar-refractivity contribution in [2.45, 2.75) is 142 Å². The molecule has 0 saturated heterocycles. The van der Waals surface area contributed by atoms with Crippen molar-refractivity contribution in [1.29, 1.82) is 5.26 Å². The van der Waals surface area contributed by atoms with E-state index in [0.29, 0.717) is 11.4 Å². The van der Waals surface area contributed by atoms with Crippen LogP contribution in [0.3, 0.4) is 0 Å². The molecule has 0 bridgehead atoms. The van der Waals surface area contributed by atoms with Crippen molar-refractivity contribution < 1.29 is 28.5 Å². The van der Waals surface area contributed by atoms with Crippen molar-refractivity contribution in [2.24, 2.45) is 9.98 Å². The van der Waals surface area contributed by atoms with Crippen LogP contribution in [0.25, 0.3) is 0 Å². The number of carbonyl (C=O) groups excluding carboxylic acids is 2. The lowest BCUT2D eigenvalue weighted by molar-refractivity contribution is 0.0731. The fourth-order valence-corrected chi connectivity index (χ4v) is 7.63. The van der Waals surface area contributed by atoms with Crippen molar-refractivity contribution in [3.63, 3.8) is 0 Å². The zero-order valence-electron chi connectivity index (χ0n) is 40.5. The second-order valence-electron chi connectivity index (χ2n) is 17.3. The minimum atomic E-state index is -0.672. The van der Waals surface area contributed by atoms with E-state index < -0.39 is 11.9 Å². The van der Waals surface area contributed by atoms with Crippen LogP contribution in [0, 0.1) is 11.3 Å². The molecule has 0 aliphatic rings. The Kier molecular flexibility index (Phi) is 24.2. The highest BCUT2D eigenvalue weighted by Gasteiger charge is 2.18. The number of hydrogen-bond donors (Lipinski definition) is 0. The Labute approximate surface area is 405 Å². The molecule has 0 aliphatic carbocycles. The molecule has 0 radical (unpaired) electrons. The van der Waals surface area contributed by atoms with Gasteiger partial charge < -0.3 is 18.9 Å². The zero-order chi connectivity index (χ0) is 47.9. The summed E-state index contributed by atoms with van der Waals surface area (Å²) in [5.74, 6) is 0.282. The van der Waals surface area contributed by atoms with Gasteiger partial charge in [-0.15, -0.1) is 0 Å². The van der Waals surface area contributed by atoms with Crippen LogP contribution < -0.4 is 18.9 Å². The first-order valence-electron chi connectivity index (χ1n) is 25.2. The number of benzene rings is 5. The molecular formula is C59H71N3O6. The number of ether oxygens (including phenoxy) is 4. The predicted octanol–water partition coefficient (Wildman–Crippen LogP) is 16.1. The molecule has 0 aliphatic heterocycles. The van der Waals surface area contributed by atoms with Gasteiger partial charge >= 0.3 is 11.9 Å². The average Bonchev–Trinajstić information content (AvgIpc) is 3.37. The van der Waals surface area contributed by atoms with Gasteiger partial charge in [-0.05, 0) is 133 Å². The van der Waals surface area contributed by atoms with Gasteiger partial charge in [-0.2, -0.15) is 5.26 Å². The Morgan fingerprint density at radius 1 is 0.456 bits per heavy atom. The molecule has 358 valence electrons. The first kappa shape index (κ1) is 52.4. The van der Waals surface area contributed by atoms with Gasteiger partial charge in [0.1, 0.15) is 23.1 Å². The van der Waals surface area contributed by atoms with Crippen LogP contribution in [0.1, 0.15) is 180 Å². The lowest BCUT2D eigenvalue weighted by Crippen LogP contribution is -2.12. The molecule has 0 heterocycles. The molecule has 68 heavy (non-hydrogen) atoms. The van der Waals surface area contributed by atoms with Gasteiger partial charge in [0.25, 0.3) is 0 Å². The van der Waals surface area contributed by atoms with Crippen molar-refractivity contribution >= 4 is 35.7 Å². The smallest absolute Gasteiger partial charge is 0.343 e. The Morgan fingerprint density at radius 3 is 1.13 bits per heavy atom. The third-order valence-electron chi connectivity index (χ3n) is 11.7. The molecule has 9 heteroatoms. The van der Waals surface area contributed by atoms with Crippen LogP contribution in [0.4, 0.5) is 11.4 Å². The van der Waals surface area contributed by atoms with Crippen LogP contribution in [0.2, 0.25) is 0 Å². The maximum Gasteiger partial charge on any atom is 0.343 e. The van der Waals surface area contributed by atoms with E-state index in [4.69, 9.17) is 18.9 Å². The first-order valence-corrected chi connectivity index (χ1v) is 25.2. The van der Waals surface area contributed by atoms with Gasteiger partial charge in [0.05, 0.1) is 35.7 Å². The Morgan fingerprint density at radius 2 is 0.794 bits per heavy atom. The van der Waals surface area contributed by atoms with Crippen LogP contribution in [0.5, 0.6) is 23.0 Å². The lowest BCUT2D eigenvalue weighted by Gasteiger charge is -2.10. The summed E-state index contributed by atoms with van der Waals surface area (Å²) in [6.45, 7) is 5.95. The van der Waals surface area contributed by atoms with E-state index in [1.165, 1.54) is 128 Å². The molecule has 0 spiro atoms. The Hall–Kier alpha value is -6.53. The highest BCUT2D eigenvalue weighted by atomic mass is 16.5. The zero-order valence-corrected chi connectivity index (χ0v) is 40.5. The number of rotatable bonds is 32. The lowest BCUT2D eigenvalue weighted by atomic mass is 10.1. The number of unbranched alkanes of at least 4 members (excludes halogenated alkanes) is 18. The molecule has 0 fully saturated rings. The van der Waals surface area contributed by atoms with Gasteiger partial charge in [-0.25, -0.2) is 9.59 Å². The Bertz CT molecular complexity index is 2160. The van der Waals surface area contributed by atoms with E-state index in [1.54, 1.807) is 67.0 Å². The van der Waals surface area contributed by atoms with Crippen molar-refractivity contribution in [3.8, 4) is 29.1 Å². The second kappa shape index (κ2) is 31.4. The Balaban J connectivity index is 1.01. The molecule has 5 aromatic rings. The van der Waals surface area contributed by atoms with Crippen molar-refractivity contribution in [2.75, 3.05) is 13.2 Å². The number of carbonyl (C=O) groups is 2. The van der Waals surface area contributed by atoms with E-state index in [9.17, 15) is 14.9 Å². The molecule has 0 unspecified atom stereocenters. The van der Waals surface area contributed by atoms with Crippen LogP contribution >= 0.6 is 0 Å². The van der Waals surface area contributed by atoms with Crippen molar-refractivity contribution in [1.82, 2.24) is 0 Å². The first-order chi connectivity index (χ1) is 33.4. The maximum atomic E-state index is 13.1. The summed E-state index contributed by atoms with van der Waals surface area (Å²) in [7, 11) is 0. The van der Waals surface area contributed by atoms with Gasteiger partial charge in [0.2, 0.25) is 0 Å². The number of aliphatic imine (C=N–C) groups is 2. The standard InChI is InChI=1S/C59H71N3O6/c1-3-5-7-9-11-13-15-17-19-21-42-65-53-38-26-47(27-39-53)45-61-51-34-30-49(31-35-51)58(63)67-56-24-23-25-57(55(56)44-60)68-59(64)50-32-36-52(37-33-50)62-46-48-28-40-54(41-29-48)66-43-22-20-18-16-14-12-10-8-6-4-2/h23-41,45-46H,3-22,42-43H2,1-2H3. The summed E-state index contributed by atoms with van der Waals surface area (Å²) in [5.41, 5.74) is 3.60. The summed E-state index contributed by atoms with van der Waals surface area (Å²) in [5, 5.41) is 10.0. The van der Waals surface area contributed by atoms with Gasteiger partial charge in [-0.3, -0.25) is 9.98 Å². The molecule has 0 atom stereocenters. The predicted molar refractivity (Wildman–Crippen MR) is 276 cm³/mol. The molecule has 9 nitrogen and oxygen atoms in total. The monoisotopic (exact) mass is 918 g/mol. The number of nitrogens with zero attached hydrogens (tertiary/aromatic N) is 3. The van der Waals surface area contributed by atoms with E-state index in [0.717, 1.165) is 48.7 Å². The highest BCUT2D eigenvalue weighted by Crippen LogP contribution is 2.30. The van der Waals surface area contributed by atoms with Crippen molar-refractivity contribution in [3.05, 3.63) is 143 Å². The summed E-state index contributed by atoms with van der Waals surface area (Å²) in [6.07, 6.45) is 29.4. The van der Waals surface area contributed by atoms with Gasteiger partial charge in [0.15, 0.2) is 11.5 Å². The van der Waals surface area contributed by atoms with E-state index in [2.05, 4.69) is 23.8 Å². The van der Waals surface area contributed by atoms with Gasteiger partial charge in [0, 0.05) is 12.4 Å². The second-order valence-corrected chi connectivity index (χ2v) is 17.3. The van der Waals surface area contributed by atoms with E-state index in [1.807, 2.05) is 54.6 Å². The third kappa shape index (κ3) is 19.7. The van der Waals surface area contributed by atoms with Crippen LogP contribution in [-0.2, 0) is 0 Å². The van der Waals surface area contributed by atoms with E-state index >= 15 is 0 Å². The number of esters is 2. The quantitative estimate of drug-likeness (QED) is 0.0182. The summed E-state index contributed by atoms with van der Waals surface area (Å²) in [4.78, 5) is 35.4. The van der Waals surface area contributed by atoms with Crippen LogP contribution in [0.15, 0.2) is 125 Å². The molecule has 5 rings (SSSR count). The number of nitriles is 1. The highest BCUT2D eigenvalue weighted by molar-refractivity contribution is 5.93. The summed E-state index contributed by atoms with van der Waals surface area (Å²) < 4.78 is 23.1. The van der Waals surface area contributed by atoms with Gasteiger partial charge in [-0.1, -0.05) is 135 Å². The van der Waals surface area contributed by atoms with Crippen LogP contribution in [-0.4, -0.2) is 37.6 Å². The molecule has 0 aromatic heterocycles. The normalized spacial score (nSPS) is 11.2. The third-order valence-corrected chi connectivity index (χ3v) is 11.7. The minimum Gasteiger partial charge on any atom is -0.494 e. The molecular weight excluding hydrogens is 847 g/mol. The maximum absolute atomic E-state index is 13.1.